The van der Waals surface area contributed by atoms with Crippen molar-refractivity contribution in [3.63, 3.8) is 0 Å². The number of amides is 2. The Kier molecular flexibility index (Phi) is 20.8. The van der Waals surface area contributed by atoms with Gasteiger partial charge in [0.05, 0.1) is 39.1 Å². The van der Waals surface area contributed by atoms with Crippen LogP contribution in [0.1, 0.15) is 20.8 Å². The van der Waals surface area contributed by atoms with Crippen LogP contribution in [0, 0.1) is 0 Å². The molecule has 72 heavy (non-hydrogen) atoms. The molecule has 0 aliphatic carbocycles. The molecule has 2 amide bonds. The van der Waals surface area contributed by atoms with Crippen LogP contribution in [-0.4, -0.2) is 316 Å². The molecule has 6 heterocycles. The first-order valence-electron chi connectivity index (χ1n) is 23.0. The predicted octanol–water partition coefficient (Wildman–Crippen LogP) is -12.8. The molecule has 0 aromatic heterocycles. The summed E-state index contributed by atoms with van der Waals surface area (Å²) >= 11 is 0. The molecule has 6 fully saturated rings. The van der Waals surface area contributed by atoms with Gasteiger partial charge in [0.1, 0.15) is 140 Å². The van der Waals surface area contributed by atoms with Gasteiger partial charge in [0, 0.05) is 13.8 Å². The Morgan fingerprint density at radius 1 is 0.389 bits per heavy atom. The Morgan fingerprint density at radius 3 is 1.36 bits per heavy atom. The smallest absolute Gasteiger partial charge is 0.217 e. The number of hydrogen-bond donors (Lipinski definition) is 19. The molecular formula is C40H68N2O30. The van der Waals surface area contributed by atoms with E-state index in [4.69, 9.17) is 52.1 Å². The van der Waals surface area contributed by atoms with Crippen molar-refractivity contribution in [2.45, 2.75) is 205 Å². The average Bonchev–Trinajstić information content (AvgIpc) is 3.34. The summed E-state index contributed by atoms with van der Waals surface area (Å²) < 4.78 is 63.4. The Labute approximate surface area is 408 Å². The quantitative estimate of drug-likeness (QED) is 0.0643. The Bertz CT molecular complexity index is 1730. The molecular weight excluding hydrogens is 988 g/mol. The molecule has 418 valence electrons. The topological polar surface area (TPSA) is 504 Å². The van der Waals surface area contributed by atoms with Crippen molar-refractivity contribution in [2.75, 3.05) is 33.0 Å². The first-order valence-corrected chi connectivity index (χ1v) is 23.0. The molecule has 0 spiro atoms. The lowest BCUT2D eigenvalue weighted by molar-refractivity contribution is -0.387. The summed E-state index contributed by atoms with van der Waals surface area (Å²) in [6, 6.07) is -3.42. The Balaban J connectivity index is 1.29. The van der Waals surface area contributed by atoms with Crippen molar-refractivity contribution in [1.82, 2.24) is 10.6 Å². The van der Waals surface area contributed by atoms with E-state index in [1.807, 2.05) is 0 Å². The van der Waals surface area contributed by atoms with Crippen molar-refractivity contribution in [3.8, 4) is 0 Å². The fraction of sp³-hybridized carbons (Fsp3) is 0.950. The minimum Gasteiger partial charge on any atom is -0.394 e. The van der Waals surface area contributed by atoms with Gasteiger partial charge in [0.2, 0.25) is 11.8 Å². The normalized spacial score (nSPS) is 50.3. The van der Waals surface area contributed by atoms with E-state index in [1.54, 1.807) is 0 Å². The largest absolute Gasteiger partial charge is 0.394 e. The van der Waals surface area contributed by atoms with Crippen LogP contribution in [0.4, 0.5) is 0 Å². The third-order valence-electron chi connectivity index (χ3n) is 13.2. The highest BCUT2D eigenvalue weighted by Gasteiger charge is 2.58. The van der Waals surface area contributed by atoms with Crippen LogP contribution in [0.5, 0.6) is 0 Å². The first-order chi connectivity index (χ1) is 34.0. The fourth-order valence-electron chi connectivity index (χ4n) is 9.15. The first kappa shape index (κ1) is 59.1. The SMILES string of the molecule is CC(=O)NC1C(OC2C(CO)OC(O)C(NC(C)=O)C2OC2OC(C)C(O)C(O)C2O)OC(CO)C(OC2OC(COC3OC(CO)C(O)C(O)C3O)C(O)C(OC3OC(CO)C(O)C(O)C3O)C2O)C1O. The van der Waals surface area contributed by atoms with Gasteiger partial charge in [-0.3, -0.25) is 9.59 Å². The van der Waals surface area contributed by atoms with Gasteiger partial charge in [-0.05, 0) is 6.92 Å². The summed E-state index contributed by atoms with van der Waals surface area (Å²) in [5.41, 5.74) is 0. The number of aliphatic hydroxyl groups is 17. The Hall–Kier alpha value is -2.18. The highest BCUT2D eigenvalue weighted by atomic mass is 16.8. The van der Waals surface area contributed by atoms with Crippen LogP contribution in [0.15, 0.2) is 0 Å². The lowest BCUT2D eigenvalue weighted by Crippen LogP contribution is -2.71. The van der Waals surface area contributed by atoms with Crippen molar-refractivity contribution in [1.29, 1.82) is 0 Å². The maximum Gasteiger partial charge on any atom is 0.217 e. The molecule has 6 aliphatic heterocycles. The summed E-state index contributed by atoms with van der Waals surface area (Å²) in [4.78, 5) is 25.2. The van der Waals surface area contributed by atoms with Crippen molar-refractivity contribution in [2.24, 2.45) is 0 Å². The standard InChI is InChI=1S/C40H68N2O30/c1-9-19(49)24(54)28(58)38(63-9)71-33-18(42-11(3)48)35(61)64-15(7-46)32(33)70-36-17(41-10(2)47)23(53)31(14(6-45)67-36)69-40-30(60)34(72-39-29(59)26(56)21(51)13(5-44)66-39)22(52)16(68-40)8-62-37-27(57)25(55)20(50)12(4-43)65-37/h9,12-40,43-46,49-61H,4-8H2,1-3H3,(H,41,47)(H,42,48). The second kappa shape index (κ2) is 25.3. The van der Waals surface area contributed by atoms with E-state index in [1.165, 1.54) is 6.92 Å². The zero-order chi connectivity index (χ0) is 53.2. The highest BCUT2D eigenvalue weighted by Crippen LogP contribution is 2.37. The number of ether oxygens (including phenoxy) is 11. The second-order valence-electron chi connectivity index (χ2n) is 18.3. The average molecular weight is 1060 g/mol. The fourth-order valence-corrected chi connectivity index (χ4v) is 9.15. The van der Waals surface area contributed by atoms with E-state index in [-0.39, 0.29) is 0 Å². The summed E-state index contributed by atoms with van der Waals surface area (Å²) in [7, 11) is 0. The van der Waals surface area contributed by atoms with Crippen LogP contribution in [-0.2, 0) is 61.7 Å². The molecule has 0 bridgehead atoms. The number of hydrogen-bond acceptors (Lipinski definition) is 30. The van der Waals surface area contributed by atoms with E-state index >= 15 is 0 Å². The molecule has 30 atom stereocenters. The maximum absolute atomic E-state index is 12.8. The highest BCUT2D eigenvalue weighted by molar-refractivity contribution is 5.73. The van der Waals surface area contributed by atoms with Gasteiger partial charge in [-0.25, -0.2) is 0 Å². The molecule has 32 nitrogen and oxygen atoms in total. The third-order valence-corrected chi connectivity index (χ3v) is 13.2. The van der Waals surface area contributed by atoms with Gasteiger partial charge in [0.25, 0.3) is 0 Å². The lowest BCUT2D eigenvalue weighted by Gasteiger charge is -2.51. The molecule has 0 saturated carbocycles. The second-order valence-corrected chi connectivity index (χ2v) is 18.3. The van der Waals surface area contributed by atoms with E-state index in [0.29, 0.717) is 0 Å². The zero-order valence-corrected chi connectivity index (χ0v) is 38.8. The summed E-state index contributed by atoms with van der Waals surface area (Å²) in [6.07, 6.45) is -52.0. The maximum atomic E-state index is 12.8. The van der Waals surface area contributed by atoms with Crippen LogP contribution in [0.2, 0.25) is 0 Å². The zero-order valence-electron chi connectivity index (χ0n) is 38.8. The molecule has 6 aliphatic rings. The third kappa shape index (κ3) is 12.6. The summed E-state index contributed by atoms with van der Waals surface area (Å²) in [5, 5.41) is 186. The minimum absolute atomic E-state index is 0.768. The van der Waals surface area contributed by atoms with Crippen molar-refractivity contribution >= 4 is 11.8 Å². The summed E-state index contributed by atoms with van der Waals surface area (Å²) in [5.74, 6) is -1.62. The van der Waals surface area contributed by atoms with Crippen molar-refractivity contribution < 1.29 is 149 Å². The van der Waals surface area contributed by atoms with Crippen LogP contribution in [0.3, 0.4) is 0 Å². The molecule has 6 rings (SSSR count). The number of carbonyl (C=O) groups excluding carboxylic acids is 2. The van der Waals surface area contributed by atoms with Gasteiger partial charge >= 0.3 is 0 Å². The molecule has 32 heteroatoms. The van der Waals surface area contributed by atoms with E-state index in [0.717, 1.165) is 13.8 Å². The van der Waals surface area contributed by atoms with Crippen LogP contribution in [0.25, 0.3) is 0 Å². The molecule has 0 aromatic carbocycles. The summed E-state index contributed by atoms with van der Waals surface area (Å²) in [6.45, 7) is -1.30. The van der Waals surface area contributed by atoms with Crippen molar-refractivity contribution in [3.05, 3.63) is 0 Å². The molecule has 6 saturated heterocycles. The van der Waals surface area contributed by atoms with E-state index in [9.17, 15) is 96.4 Å². The Morgan fingerprint density at radius 2 is 0.806 bits per heavy atom. The van der Waals surface area contributed by atoms with E-state index < -0.39 is 229 Å². The lowest BCUT2D eigenvalue weighted by atomic mass is 9.93. The number of nitrogens with one attached hydrogen (secondary N) is 2. The van der Waals surface area contributed by atoms with E-state index in [2.05, 4.69) is 10.6 Å². The van der Waals surface area contributed by atoms with Gasteiger partial charge in [-0.2, -0.15) is 0 Å². The number of carbonyl (C=O) groups is 2. The molecule has 0 radical (unpaired) electrons. The molecule has 19 N–H and O–H groups in total. The minimum atomic E-state index is -2.24. The number of rotatable bonds is 17. The number of aliphatic hydroxyl groups excluding tert-OH is 17. The van der Waals surface area contributed by atoms with Gasteiger partial charge < -0.3 is 150 Å². The van der Waals surface area contributed by atoms with Crippen LogP contribution >= 0.6 is 0 Å². The molecule has 0 aromatic rings. The molecule has 30 unspecified atom stereocenters. The van der Waals surface area contributed by atoms with Gasteiger partial charge in [0.15, 0.2) is 37.7 Å². The predicted molar refractivity (Wildman–Crippen MR) is 221 cm³/mol. The van der Waals surface area contributed by atoms with Crippen LogP contribution < -0.4 is 10.6 Å². The monoisotopic (exact) mass is 1060 g/mol. The van der Waals surface area contributed by atoms with Gasteiger partial charge in [-0.1, -0.05) is 0 Å². The van der Waals surface area contributed by atoms with Gasteiger partial charge in [-0.15, -0.1) is 0 Å².